The molecule has 0 spiro atoms. The summed E-state index contributed by atoms with van der Waals surface area (Å²) in [5.41, 5.74) is 6.98. The summed E-state index contributed by atoms with van der Waals surface area (Å²) in [6, 6.07) is 4.32. The fourth-order valence-corrected chi connectivity index (χ4v) is 2.09. The van der Waals surface area contributed by atoms with E-state index in [1.165, 1.54) is 19.2 Å². The van der Waals surface area contributed by atoms with Crippen molar-refractivity contribution in [3.63, 3.8) is 0 Å². The Morgan fingerprint density at radius 1 is 1.58 bits per heavy atom. The van der Waals surface area contributed by atoms with E-state index in [0.29, 0.717) is 24.2 Å². The van der Waals surface area contributed by atoms with Crippen molar-refractivity contribution >= 4 is 17.2 Å². The number of benzene rings is 1. The van der Waals surface area contributed by atoms with Crippen LogP contribution in [0.25, 0.3) is 0 Å². The second-order valence-electron chi connectivity index (χ2n) is 4.47. The highest BCUT2D eigenvalue weighted by Gasteiger charge is 2.12. The zero-order chi connectivity index (χ0) is 14.4. The highest BCUT2D eigenvalue weighted by atomic mass is 32.1. The van der Waals surface area contributed by atoms with E-state index in [4.69, 9.17) is 22.7 Å². The summed E-state index contributed by atoms with van der Waals surface area (Å²) in [4.78, 5) is 2.10. The number of nitrogens with two attached hydrogens (primary N) is 1. The summed E-state index contributed by atoms with van der Waals surface area (Å²) in [5.74, 6) is -0.333. The van der Waals surface area contributed by atoms with Gasteiger partial charge in [-0.15, -0.1) is 0 Å². The van der Waals surface area contributed by atoms with E-state index in [9.17, 15) is 9.50 Å². The molecule has 0 fully saturated rings. The van der Waals surface area contributed by atoms with Crippen LogP contribution in [0.1, 0.15) is 11.1 Å². The number of nitrogens with zero attached hydrogens (tertiary/aromatic N) is 1. The van der Waals surface area contributed by atoms with Crippen molar-refractivity contribution in [1.29, 1.82) is 0 Å². The van der Waals surface area contributed by atoms with Crippen LogP contribution in [0.2, 0.25) is 0 Å². The molecule has 106 valence electrons. The first-order valence-electron chi connectivity index (χ1n) is 5.87. The van der Waals surface area contributed by atoms with Crippen LogP contribution in [0.4, 0.5) is 4.39 Å². The first kappa shape index (κ1) is 16.0. The number of rotatable bonds is 7. The SMILES string of the molecule is COCC(O)CN(C)Cc1cc(F)ccc1C(N)=S. The molecule has 0 bridgehead atoms. The number of aliphatic hydroxyl groups is 1. The van der Waals surface area contributed by atoms with E-state index in [-0.39, 0.29) is 17.4 Å². The molecule has 0 aliphatic rings. The third kappa shape index (κ3) is 5.20. The lowest BCUT2D eigenvalue weighted by atomic mass is 10.1. The summed E-state index contributed by atoms with van der Waals surface area (Å²) in [6.45, 7) is 1.13. The van der Waals surface area contributed by atoms with Gasteiger partial charge in [0.25, 0.3) is 0 Å². The van der Waals surface area contributed by atoms with Crippen LogP contribution < -0.4 is 5.73 Å². The average Bonchev–Trinajstić information content (AvgIpc) is 2.28. The van der Waals surface area contributed by atoms with Crippen LogP contribution in [-0.4, -0.2) is 48.4 Å². The van der Waals surface area contributed by atoms with Crippen molar-refractivity contribution < 1.29 is 14.2 Å². The molecule has 0 heterocycles. The Kier molecular flexibility index (Phi) is 6.30. The Labute approximate surface area is 118 Å². The molecule has 19 heavy (non-hydrogen) atoms. The van der Waals surface area contributed by atoms with Crippen molar-refractivity contribution in [2.75, 3.05) is 27.3 Å². The van der Waals surface area contributed by atoms with Gasteiger partial charge in [0.05, 0.1) is 12.7 Å². The maximum atomic E-state index is 13.3. The van der Waals surface area contributed by atoms with E-state index in [2.05, 4.69) is 0 Å². The zero-order valence-corrected chi connectivity index (χ0v) is 11.9. The molecule has 1 aromatic carbocycles. The molecule has 4 nitrogen and oxygen atoms in total. The summed E-state index contributed by atoms with van der Waals surface area (Å²) in [6.07, 6.45) is -0.586. The lowest BCUT2D eigenvalue weighted by Crippen LogP contribution is -2.32. The Hall–Kier alpha value is -1.08. The van der Waals surface area contributed by atoms with E-state index in [0.717, 1.165) is 0 Å². The van der Waals surface area contributed by atoms with Gasteiger partial charge in [-0.25, -0.2) is 4.39 Å². The third-order valence-electron chi connectivity index (χ3n) is 2.65. The fourth-order valence-electron chi connectivity index (χ4n) is 1.89. The molecule has 1 aromatic rings. The topological polar surface area (TPSA) is 58.7 Å². The van der Waals surface area contributed by atoms with E-state index in [1.807, 2.05) is 11.9 Å². The molecular weight excluding hydrogens is 267 g/mol. The van der Waals surface area contributed by atoms with Crippen molar-refractivity contribution in [2.45, 2.75) is 12.6 Å². The molecule has 3 N–H and O–H groups in total. The Bertz CT molecular complexity index is 443. The number of thiocarbonyl (C=S) groups is 1. The van der Waals surface area contributed by atoms with Gasteiger partial charge in [0.2, 0.25) is 0 Å². The summed E-state index contributed by atoms with van der Waals surface area (Å²) < 4.78 is 18.1. The van der Waals surface area contributed by atoms with Gasteiger partial charge in [0.15, 0.2) is 0 Å². The Morgan fingerprint density at radius 3 is 2.84 bits per heavy atom. The van der Waals surface area contributed by atoms with Gasteiger partial charge in [0.1, 0.15) is 10.8 Å². The molecule has 0 amide bonds. The first-order chi connectivity index (χ1) is 8.93. The summed E-state index contributed by atoms with van der Waals surface area (Å²) >= 11 is 4.94. The van der Waals surface area contributed by atoms with E-state index in [1.54, 1.807) is 6.07 Å². The third-order valence-corrected chi connectivity index (χ3v) is 2.87. The van der Waals surface area contributed by atoms with Crippen LogP contribution in [0.15, 0.2) is 18.2 Å². The normalized spacial score (nSPS) is 12.7. The predicted octanol–water partition coefficient (Wildman–Crippen LogP) is 0.899. The molecule has 0 aliphatic heterocycles. The number of methoxy groups -OCH3 is 1. The van der Waals surface area contributed by atoms with Crippen molar-refractivity contribution in [2.24, 2.45) is 5.73 Å². The number of aliphatic hydroxyl groups excluding tert-OH is 1. The molecule has 0 saturated heterocycles. The zero-order valence-electron chi connectivity index (χ0n) is 11.1. The fraction of sp³-hybridized carbons (Fsp3) is 0.462. The molecular formula is C13H19FN2O2S. The van der Waals surface area contributed by atoms with Gasteiger partial charge in [-0.3, -0.25) is 4.90 Å². The second-order valence-corrected chi connectivity index (χ2v) is 4.91. The van der Waals surface area contributed by atoms with Gasteiger partial charge >= 0.3 is 0 Å². The van der Waals surface area contributed by atoms with Crippen molar-refractivity contribution in [3.8, 4) is 0 Å². The minimum absolute atomic E-state index is 0.237. The Balaban J connectivity index is 2.75. The van der Waals surface area contributed by atoms with Gasteiger partial charge < -0.3 is 15.6 Å². The number of ether oxygens (including phenoxy) is 1. The van der Waals surface area contributed by atoms with Crippen LogP contribution in [0, 0.1) is 5.82 Å². The number of hydrogen-bond donors (Lipinski definition) is 2. The number of halogens is 1. The summed E-state index contributed by atoms with van der Waals surface area (Å²) in [7, 11) is 3.36. The van der Waals surface area contributed by atoms with Crippen LogP contribution in [0.3, 0.4) is 0 Å². The molecule has 1 atom stereocenters. The Morgan fingerprint density at radius 2 is 2.26 bits per heavy atom. The van der Waals surface area contributed by atoms with Crippen molar-refractivity contribution in [3.05, 3.63) is 35.1 Å². The minimum atomic E-state index is -0.586. The van der Waals surface area contributed by atoms with Gasteiger partial charge in [0, 0.05) is 25.8 Å². The van der Waals surface area contributed by atoms with Crippen LogP contribution in [0.5, 0.6) is 0 Å². The van der Waals surface area contributed by atoms with E-state index >= 15 is 0 Å². The molecule has 0 aliphatic carbocycles. The average molecular weight is 286 g/mol. The smallest absolute Gasteiger partial charge is 0.123 e. The number of likely N-dealkylation sites (N-methyl/N-ethyl adjacent to an activating group) is 1. The maximum Gasteiger partial charge on any atom is 0.123 e. The van der Waals surface area contributed by atoms with Gasteiger partial charge in [-0.05, 0) is 30.8 Å². The molecule has 6 heteroatoms. The monoisotopic (exact) mass is 286 g/mol. The second kappa shape index (κ2) is 7.49. The molecule has 0 saturated carbocycles. The molecule has 0 aromatic heterocycles. The summed E-state index contributed by atoms with van der Waals surface area (Å²) in [5, 5.41) is 9.64. The van der Waals surface area contributed by atoms with E-state index < -0.39 is 6.10 Å². The molecule has 0 radical (unpaired) electrons. The highest BCUT2D eigenvalue weighted by molar-refractivity contribution is 7.80. The van der Waals surface area contributed by atoms with Gasteiger partial charge in [-0.2, -0.15) is 0 Å². The van der Waals surface area contributed by atoms with Gasteiger partial charge in [-0.1, -0.05) is 12.2 Å². The molecule has 1 rings (SSSR count). The lowest BCUT2D eigenvalue weighted by molar-refractivity contribution is 0.0418. The highest BCUT2D eigenvalue weighted by Crippen LogP contribution is 2.13. The minimum Gasteiger partial charge on any atom is -0.389 e. The largest absolute Gasteiger partial charge is 0.389 e. The van der Waals surface area contributed by atoms with Crippen LogP contribution >= 0.6 is 12.2 Å². The van der Waals surface area contributed by atoms with Crippen LogP contribution in [-0.2, 0) is 11.3 Å². The predicted molar refractivity (Wildman–Crippen MR) is 76.5 cm³/mol. The van der Waals surface area contributed by atoms with Crippen molar-refractivity contribution in [1.82, 2.24) is 4.90 Å². The molecule has 1 unspecified atom stereocenters. The quantitative estimate of drug-likeness (QED) is 0.729. The first-order valence-corrected chi connectivity index (χ1v) is 6.28. The maximum absolute atomic E-state index is 13.3. The standard InChI is InChI=1S/C13H19FN2O2S/c1-16(7-11(17)8-18-2)6-9-5-10(14)3-4-12(9)13(15)19/h3-5,11,17H,6-8H2,1-2H3,(H2,15,19). The number of hydrogen-bond acceptors (Lipinski definition) is 4. The lowest BCUT2D eigenvalue weighted by Gasteiger charge is -2.21.